The lowest BCUT2D eigenvalue weighted by Crippen LogP contribution is -2.25. The van der Waals surface area contributed by atoms with Crippen LogP contribution in [0.4, 0.5) is 0 Å². The second kappa shape index (κ2) is 13.1. The molecule has 0 bridgehead atoms. The predicted molar refractivity (Wildman–Crippen MR) is 257 cm³/mol. The van der Waals surface area contributed by atoms with Crippen molar-refractivity contribution >= 4 is 93.2 Å². The largest absolute Gasteiger partial charge is 0.309 e. The molecule has 0 radical (unpaired) electrons. The Kier molecular flexibility index (Phi) is 7.26. The highest BCUT2D eigenvalue weighted by Gasteiger charge is 2.24. The Bertz CT molecular complexity index is 4030. The summed E-state index contributed by atoms with van der Waals surface area (Å²) >= 11 is 0. The molecule has 13 rings (SSSR count). The van der Waals surface area contributed by atoms with E-state index in [-0.39, 0.29) is 0 Å². The summed E-state index contributed by atoms with van der Waals surface area (Å²) in [4.78, 5) is 5.65. The Morgan fingerprint density at radius 2 is 1.07 bits per heavy atom. The van der Waals surface area contributed by atoms with Gasteiger partial charge in [0.1, 0.15) is 5.84 Å². The maximum atomic E-state index is 5.65. The molecule has 2 aromatic heterocycles. The summed E-state index contributed by atoms with van der Waals surface area (Å²) in [5.74, 6) is 0.816. The molecule has 0 atom stereocenters. The van der Waals surface area contributed by atoms with Crippen LogP contribution < -0.4 is 10.4 Å². The van der Waals surface area contributed by atoms with Gasteiger partial charge in [-0.25, -0.2) is 4.99 Å². The number of hydrogen-bond acceptors (Lipinski definition) is 1. The first-order chi connectivity index (χ1) is 30.3. The number of fused-ring (bicyclic) bond motifs is 11. The van der Waals surface area contributed by atoms with Gasteiger partial charge in [0.15, 0.2) is 0 Å². The van der Waals surface area contributed by atoms with Crippen LogP contribution in [0.15, 0.2) is 217 Å². The highest BCUT2D eigenvalue weighted by Crippen LogP contribution is 2.45. The molecule has 0 N–H and O–H groups in total. The minimum atomic E-state index is 0.816. The number of benzene rings is 10. The lowest BCUT2D eigenvalue weighted by atomic mass is 9.93. The summed E-state index contributed by atoms with van der Waals surface area (Å²) in [5, 5.41) is 14.2. The van der Waals surface area contributed by atoms with E-state index in [0.29, 0.717) is 0 Å². The molecule has 0 fully saturated rings. The van der Waals surface area contributed by atoms with Crippen LogP contribution in [-0.4, -0.2) is 15.0 Å². The molecule has 3 heterocycles. The van der Waals surface area contributed by atoms with E-state index in [1.165, 1.54) is 70.5 Å². The summed E-state index contributed by atoms with van der Waals surface area (Å²) in [6, 6.07) is 74.8. The van der Waals surface area contributed by atoms with Gasteiger partial charge in [-0.15, -0.1) is 5.73 Å². The van der Waals surface area contributed by atoms with Crippen LogP contribution in [0.25, 0.3) is 104 Å². The van der Waals surface area contributed by atoms with Crippen LogP contribution in [0.2, 0.25) is 0 Å². The van der Waals surface area contributed by atoms with Crippen molar-refractivity contribution in [2.75, 3.05) is 0 Å². The number of para-hydroxylation sites is 1. The van der Waals surface area contributed by atoms with E-state index in [0.717, 1.165) is 49.8 Å². The fraction of sp³-hybridized carbons (Fsp3) is 0. The average molecular weight is 774 g/mol. The summed E-state index contributed by atoms with van der Waals surface area (Å²) in [6.07, 6.45) is 2.09. The molecule has 1 aliphatic rings. The van der Waals surface area contributed by atoms with Crippen LogP contribution in [0.3, 0.4) is 0 Å². The first-order valence-corrected chi connectivity index (χ1v) is 20.9. The number of rotatable bonds is 3. The number of allylic oxidation sites excluding steroid dienone is 1. The van der Waals surface area contributed by atoms with Crippen molar-refractivity contribution in [3.05, 3.63) is 228 Å². The summed E-state index contributed by atoms with van der Waals surface area (Å²) < 4.78 is 4.82. The zero-order valence-electron chi connectivity index (χ0n) is 33.0. The van der Waals surface area contributed by atoms with Crippen LogP contribution >= 0.6 is 0 Å². The standard InChI is InChI=1S/C58H35N3/c1-2-17-40(18-3-1)57-47-23-11-7-16-39(47)29-33-54(59-57)61-53-32-27-38-15-6-9-21-45(38)56(53)50-35-42-20-8-10-22-46(42)55(58(50)61)43-28-31-52-49(36-43)48-24-12-13-25-51(48)60(52)44-30-26-37-14-4-5-19-41(37)34-44/h1-28,30-36H. The Morgan fingerprint density at radius 1 is 0.393 bits per heavy atom. The Labute approximate surface area is 351 Å². The Balaban J connectivity index is 1.17. The van der Waals surface area contributed by atoms with Crippen molar-refractivity contribution in [3.63, 3.8) is 0 Å². The SMILES string of the molecule is C1=CC(n2c3ccc4ccccc4c3c3cc4ccccc4c(-c4ccc5c(c4)c4ccccc4n5-c4ccc5ccccc5c4)c32)=NC(c2ccccc2)=c2ccccc2=1. The quantitative estimate of drug-likeness (QED) is 0.171. The summed E-state index contributed by atoms with van der Waals surface area (Å²) in [5.41, 5.74) is 13.8. The van der Waals surface area contributed by atoms with Crippen molar-refractivity contribution in [1.29, 1.82) is 0 Å². The number of hydrogen-bond donors (Lipinski definition) is 0. The van der Waals surface area contributed by atoms with E-state index in [4.69, 9.17) is 4.99 Å². The van der Waals surface area contributed by atoms with Crippen LogP contribution in [0, 0.1) is 0 Å². The fourth-order valence-corrected chi connectivity index (χ4v) is 9.96. The van der Waals surface area contributed by atoms with Crippen molar-refractivity contribution in [1.82, 2.24) is 9.13 Å². The third kappa shape index (κ3) is 5.09. The number of aromatic nitrogens is 2. The first kappa shape index (κ1) is 33.7. The molecule has 1 aliphatic heterocycles. The minimum Gasteiger partial charge on any atom is -0.309 e. The highest BCUT2D eigenvalue weighted by atomic mass is 15.1. The van der Waals surface area contributed by atoms with Gasteiger partial charge in [0.05, 0.1) is 27.8 Å². The fourth-order valence-electron chi connectivity index (χ4n) is 9.96. The van der Waals surface area contributed by atoms with Gasteiger partial charge in [-0.3, -0.25) is 4.57 Å². The van der Waals surface area contributed by atoms with Crippen molar-refractivity contribution in [2.24, 2.45) is 4.99 Å². The summed E-state index contributed by atoms with van der Waals surface area (Å²) in [7, 11) is 0. The van der Waals surface area contributed by atoms with E-state index in [2.05, 4.69) is 227 Å². The van der Waals surface area contributed by atoms with E-state index in [1.54, 1.807) is 0 Å². The Hall–Kier alpha value is -8.23. The van der Waals surface area contributed by atoms with Gasteiger partial charge in [-0.2, -0.15) is 0 Å². The molecule has 0 amide bonds. The third-order valence-electron chi connectivity index (χ3n) is 12.7. The molecule has 10 aromatic carbocycles. The van der Waals surface area contributed by atoms with Crippen LogP contribution in [0.1, 0.15) is 5.56 Å². The molecule has 61 heavy (non-hydrogen) atoms. The lowest BCUT2D eigenvalue weighted by Gasteiger charge is -2.15. The Morgan fingerprint density at radius 3 is 1.95 bits per heavy atom. The van der Waals surface area contributed by atoms with Crippen molar-refractivity contribution in [2.45, 2.75) is 0 Å². The lowest BCUT2D eigenvalue weighted by molar-refractivity contribution is 1.19. The number of nitrogens with zero attached hydrogens (tertiary/aromatic N) is 3. The molecule has 12 aromatic rings. The zero-order valence-corrected chi connectivity index (χ0v) is 33.0. The van der Waals surface area contributed by atoms with Crippen LogP contribution in [-0.2, 0) is 0 Å². The van der Waals surface area contributed by atoms with Crippen molar-refractivity contribution in [3.8, 4) is 16.8 Å². The normalized spacial score (nSPS) is 12.8. The predicted octanol–water partition coefficient (Wildman–Crippen LogP) is 13.1. The monoisotopic (exact) mass is 773 g/mol. The molecule has 0 saturated heterocycles. The minimum absolute atomic E-state index is 0.816. The molecule has 0 unspecified atom stereocenters. The molecule has 282 valence electrons. The molecule has 0 spiro atoms. The molecular formula is C58H35N3. The maximum absolute atomic E-state index is 5.65. The summed E-state index contributed by atoms with van der Waals surface area (Å²) in [6.45, 7) is 0. The highest BCUT2D eigenvalue weighted by molar-refractivity contribution is 6.30. The molecule has 3 heteroatoms. The van der Waals surface area contributed by atoms with Gasteiger partial charge in [0.2, 0.25) is 0 Å². The van der Waals surface area contributed by atoms with Gasteiger partial charge < -0.3 is 4.57 Å². The van der Waals surface area contributed by atoms with E-state index in [9.17, 15) is 0 Å². The smallest absolute Gasteiger partial charge is 0.146 e. The first-order valence-electron chi connectivity index (χ1n) is 20.9. The van der Waals surface area contributed by atoms with Crippen molar-refractivity contribution < 1.29 is 0 Å². The van der Waals surface area contributed by atoms with Gasteiger partial charge in [0, 0.05) is 54.9 Å². The second-order valence-corrected chi connectivity index (χ2v) is 16.0. The van der Waals surface area contributed by atoms with E-state index in [1.807, 2.05) is 0 Å². The molecule has 3 nitrogen and oxygen atoms in total. The van der Waals surface area contributed by atoms with Crippen LogP contribution in [0.5, 0.6) is 0 Å². The molecule has 0 aliphatic carbocycles. The van der Waals surface area contributed by atoms with E-state index < -0.39 is 0 Å². The molecular weight excluding hydrogens is 739 g/mol. The third-order valence-corrected chi connectivity index (χ3v) is 12.7. The number of aliphatic imine (C=N–C) groups is 1. The topological polar surface area (TPSA) is 22.2 Å². The van der Waals surface area contributed by atoms with Gasteiger partial charge in [-0.1, -0.05) is 158 Å². The zero-order chi connectivity index (χ0) is 40.0. The average Bonchev–Trinajstić information content (AvgIpc) is 3.75. The van der Waals surface area contributed by atoms with Gasteiger partial charge in [0.25, 0.3) is 0 Å². The maximum Gasteiger partial charge on any atom is 0.146 e. The van der Waals surface area contributed by atoms with E-state index >= 15 is 0 Å². The van der Waals surface area contributed by atoms with Gasteiger partial charge >= 0.3 is 0 Å². The second-order valence-electron chi connectivity index (χ2n) is 16.0. The van der Waals surface area contributed by atoms with Gasteiger partial charge in [-0.05, 0) is 86.4 Å². The molecule has 0 saturated carbocycles.